The molecule has 134 valence electrons. The minimum atomic E-state index is -0.0982. The summed E-state index contributed by atoms with van der Waals surface area (Å²) in [6.45, 7) is 6.78. The molecule has 0 fully saturated rings. The van der Waals surface area contributed by atoms with Gasteiger partial charge in [-0.2, -0.15) is 5.10 Å². The second kappa shape index (κ2) is 8.02. The number of carbonyl (C=O) groups is 1. The molecule has 0 saturated carbocycles. The summed E-state index contributed by atoms with van der Waals surface area (Å²) in [5.41, 5.74) is 2.12. The quantitative estimate of drug-likeness (QED) is 0.743. The highest BCUT2D eigenvalue weighted by Gasteiger charge is 2.15. The van der Waals surface area contributed by atoms with Crippen LogP contribution in [0.4, 0.5) is 0 Å². The largest absolute Gasteiger partial charge is 0.486 e. The first-order chi connectivity index (χ1) is 12.1. The fourth-order valence-corrected chi connectivity index (χ4v) is 2.69. The summed E-state index contributed by atoms with van der Waals surface area (Å²) in [6, 6.07) is 5.66. The Kier molecular flexibility index (Phi) is 5.55. The van der Waals surface area contributed by atoms with E-state index in [0.29, 0.717) is 19.8 Å². The van der Waals surface area contributed by atoms with Crippen molar-refractivity contribution in [3.8, 4) is 11.5 Å². The third kappa shape index (κ3) is 4.73. The summed E-state index contributed by atoms with van der Waals surface area (Å²) in [4.78, 5) is 12.1. The van der Waals surface area contributed by atoms with E-state index in [4.69, 9.17) is 9.47 Å². The number of hydrogen-bond acceptors (Lipinski definition) is 5. The third-order valence-corrected chi connectivity index (χ3v) is 4.01. The molecule has 2 heterocycles. The topological polar surface area (TPSA) is 77.4 Å². The molecular formula is C18H24N4O3. The summed E-state index contributed by atoms with van der Waals surface area (Å²) in [5.74, 6) is 1.44. The van der Waals surface area contributed by atoms with Crippen molar-refractivity contribution < 1.29 is 14.3 Å². The minimum Gasteiger partial charge on any atom is -0.486 e. The van der Waals surface area contributed by atoms with Crippen LogP contribution in [0.2, 0.25) is 0 Å². The molecule has 25 heavy (non-hydrogen) atoms. The Balaban J connectivity index is 1.42. The average molecular weight is 344 g/mol. The molecule has 0 aliphatic carbocycles. The molecule has 0 bridgehead atoms. The van der Waals surface area contributed by atoms with Gasteiger partial charge in [0.1, 0.15) is 13.2 Å². The van der Waals surface area contributed by atoms with Gasteiger partial charge >= 0.3 is 0 Å². The molecule has 1 amide bonds. The number of rotatable bonds is 7. The minimum absolute atomic E-state index is 0.0426. The molecule has 2 aromatic rings. The maximum Gasteiger partial charge on any atom is 0.234 e. The monoisotopic (exact) mass is 344 g/mol. The number of benzene rings is 1. The summed E-state index contributed by atoms with van der Waals surface area (Å²) in [7, 11) is 0. The maximum absolute atomic E-state index is 12.1. The van der Waals surface area contributed by atoms with Gasteiger partial charge < -0.3 is 20.1 Å². The lowest BCUT2D eigenvalue weighted by atomic mass is 10.1. The van der Waals surface area contributed by atoms with Gasteiger partial charge in [0.15, 0.2) is 11.5 Å². The predicted molar refractivity (Wildman–Crippen MR) is 93.8 cm³/mol. The number of nitrogens with one attached hydrogen (secondary N) is 2. The predicted octanol–water partition coefficient (Wildman–Crippen LogP) is 1.43. The lowest BCUT2D eigenvalue weighted by molar-refractivity contribution is -0.120. The van der Waals surface area contributed by atoms with Gasteiger partial charge in [0, 0.05) is 12.7 Å². The zero-order valence-corrected chi connectivity index (χ0v) is 14.6. The van der Waals surface area contributed by atoms with E-state index in [1.807, 2.05) is 49.1 Å². The zero-order valence-electron chi connectivity index (χ0n) is 14.6. The lowest BCUT2D eigenvalue weighted by Gasteiger charge is -2.21. The number of hydrogen-bond donors (Lipinski definition) is 2. The van der Waals surface area contributed by atoms with Gasteiger partial charge in [-0.15, -0.1) is 0 Å². The van der Waals surface area contributed by atoms with Crippen molar-refractivity contribution in [1.82, 2.24) is 20.4 Å². The van der Waals surface area contributed by atoms with Crippen molar-refractivity contribution in [3.63, 3.8) is 0 Å². The van der Waals surface area contributed by atoms with E-state index >= 15 is 0 Å². The van der Waals surface area contributed by atoms with Crippen molar-refractivity contribution in [3.05, 3.63) is 41.7 Å². The number of aromatic nitrogens is 2. The standard InChI is InChI=1S/C18H24N4O3/c1-13-10-20-22(12-13)6-5-19-11-18(23)21-14(2)15-3-4-16-17(9-15)25-8-7-24-16/h3-4,9-10,12,14,19H,5-8,11H2,1-2H3,(H,21,23)/t14-/m0/s1. The lowest BCUT2D eigenvalue weighted by Crippen LogP contribution is -2.36. The molecule has 0 saturated heterocycles. The van der Waals surface area contributed by atoms with Crippen LogP contribution in [0.1, 0.15) is 24.1 Å². The molecule has 7 heteroatoms. The highest BCUT2D eigenvalue weighted by atomic mass is 16.6. The molecule has 0 radical (unpaired) electrons. The van der Waals surface area contributed by atoms with Gasteiger partial charge in [-0.3, -0.25) is 9.48 Å². The van der Waals surface area contributed by atoms with E-state index in [0.717, 1.165) is 29.2 Å². The number of amides is 1. The average Bonchev–Trinajstić information content (AvgIpc) is 3.03. The van der Waals surface area contributed by atoms with Crippen LogP contribution in [0.25, 0.3) is 0 Å². The van der Waals surface area contributed by atoms with E-state index in [1.165, 1.54) is 0 Å². The van der Waals surface area contributed by atoms with Crippen LogP contribution in [0.5, 0.6) is 11.5 Å². The second-order valence-electron chi connectivity index (χ2n) is 6.15. The van der Waals surface area contributed by atoms with Gasteiger partial charge in [-0.25, -0.2) is 0 Å². The Labute approximate surface area is 147 Å². The molecule has 0 unspecified atom stereocenters. The molecule has 1 aromatic carbocycles. The molecule has 7 nitrogen and oxygen atoms in total. The fraction of sp³-hybridized carbons (Fsp3) is 0.444. The molecule has 1 atom stereocenters. The van der Waals surface area contributed by atoms with E-state index in [2.05, 4.69) is 15.7 Å². The summed E-state index contributed by atoms with van der Waals surface area (Å²) in [6.07, 6.45) is 3.80. The van der Waals surface area contributed by atoms with E-state index in [1.54, 1.807) is 0 Å². The maximum atomic E-state index is 12.1. The van der Waals surface area contributed by atoms with Gasteiger partial charge in [0.05, 0.1) is 25.3 Å². The van der Waals surface area contributed by atoms with Crippen LogP contribution in [0, 0.1) is 6.92 Å². The zero-order chi connectivity index (χ0) is 17.6. The molecule has 0 spiro atoms. The van der Waals surface area contributed by atoms with Gasteiger partial charge in [-0.1, -0.05) is 6.07 Å². The first-order valence-electron chi connectivity index (χ1n) is 8.50. The van der Waals surface area contributed by atoms with Crippen LogP contribution >= 0.6 is 0 Å². The van der Waals surface area contributed by atoms with E-state index in [9.17, 15) is 4.79 Å². The number of carbonyl (C=O) groups excluding carboxylic acids is 1. The molecular weight excluding hydrogens is 320 g/mol. The van der Waals surface area contributed by atoms with Gasteiger partial charge in [0.2, 0.25) is 5.91 Å². The van der Waals surface area contributed by atoms with Crippen LogP contribution < -0.4 is 20.1 Å². The van der Waals surface area contributed by atoms with Gasteiger partial charge in [0.25, 0.3) is 0 Å². The summed E-state index contributed by atoms with van der Waals surface area (Å²) >= 11 is 0. The highest BCUT2D eigenvalue weighted by molar-refractivity contribution is 5.78. The molecule has 1 aromatic heterocycles. The number of nitrogens with zero attached hydrogens (tertiary/aromatic N) is 2. The van der Waals surface area contributed by atoms with Crippen LogP contribution in [0.15, 0.2) is 30.6 Å². The van der Waals surface area contributed by atoms with Crippen molar-refractivity contribution in [2.24, 2.45) is 0 Å². The Morgan fingerprint density at radius 2 is 2.12 bits per heavy atom. The van der Waals surface area contributed by atoms with Crippen LogP contribution in [-0.2, 0) is 11.3 Å². The van der Waals surface area contributed by atoms with Crippen LogP contribution in [0.3, 0.4) is 0 Å². The first-order valence-corrected chi connectivity index (χ1v) is 8.50. The molecule has 1 aliphatic heterocycles. The van der Waals surface area contributed by atoms with Crippen LogP contribution in [-0.4, -0.2) is 42.0 Å². The normalized spacial score (nSPS) is 14.2. The third-order valence-electron chi connectivity index (χ3n) is 4.01. The Bertz CT molecular complexity index is 729. The number of fused-ring (bicyclic) bond motifs is 1. The highest BCUT2D eigenvalue weighted by Crippen LogP contribution is 2.32. The Morgan fingerprint density at radius 1 is 1.32 bits per heavy atom. The van der Waals surface area contributed by atoms with E-state index in [-0.39, 0.29) is 18.5 Å². The smallest absolute Gasteiger partial charge is 0.234 e. The second-order valence-corrected chi connectivity index (χ2v) is 6.15. The Morgan fingerprint density at radius 3 is 2.88 bits per heavy atom. The number of aryl methyl sites for hydroxylation is 1. The first kappa shape index (κ1) is 17.3. The van der Waals surface area contributed by atoms with Crippen molar-refractivity contribution in [2.45, 2.75) is 26.4 Å². The Hall–Kier alpha value is -2.54. The van der Waals surface area contributed by atoms with Crippen molar-refractivity contribution >= 4 is 5.91 Å². The summed E-state index contributed by atoms with van der Waals surface area (Å²) in [5, 5.41) is 10.3. The molecule has 3 rings (SSSR count). The van der Waals surface area contributed by atoms with Crippen molar-refractivity contribution in [1.29, 1.82) is 0 Å². The molecule has 2 N–H and O–H groups in total. The van der Waals surface area contributed by atoms with Crippen molar-refractivity contribution in [2.75, 3.05) is 26.3 Å². The van der Waals surface area contributed by atoms with Gasteiger partial charge in [-0.05, 0) is 37.1 Å². The number of ether oxygens (including phenoxy) is 2. The SMILES string of the molecule is Cc1cnn(CCNCC(=O)N[C@@H](C)c2ccc3c(c2)OCCO3)c1. The summed E-state index contributed by atoms with van der Waals surface area (Å²) < 4.78 is 13.0. The van der Waals surface area contributed by atoms with E-state index < -0.39 is 0 Å². The molecule has 1 aliphatic rings. The fourth-order valence-electron chi connectivity index (χ4n) is 2.69.